The summed E-state index contributed by atoms with van der Waals surface area (Å²) in [5.41, 5.74) is 1.53. The Hall–Kier alpha value is -1.62. The van der Waals surface area contributed by atoms with Crippen LogP contribution in [0.25, 0.3) is 0 Å². The second kappa shape index (κ2) is 6.52. The molecule has 104 valence electrons. The Morgan fingerprint density at radius 1 is 1.63 bits per heavy atom. The highest BCUT2D eigenvalue weighted by Gasteiger charge is 2.19. The second-order valence-electron chi connectivity index (χ2n) is 4.87. The normalized spacial score (nSPS) is 18.9. The number of pyridine rings is 1. The molecule has 0 spiro atoms. The number of hydrogen-bond acceptors (Lipinski definition) is 4. The molecule has 1 aromatic heterocycles. The van der Waals surface area contributed by atoms with Crippen molar-refractivity contribution in [3.05, 3.63) is 24.0 Å². The molecule has 1 aliphatic rings. The first-order valence-corrected chi connectivity index (χ1v) is 6.90. The van der Waals surface area contributed by atoms with Crippen LogP contribution in [0.5, 0.6) is 0 Å². The smallest absolute Gasteiger partial charge is 0.269 e. The van der Waals surface area contributed by atoms with Crippen molar-refractivity contribution in [2.24, 2.45) is 0 Å². The minimum atomic E-state index is -0.112. The van der Waals surface area contributed by atoms with E-state index in [9.17, 15) is 4.79 Å². The largest absolute Gasteiger partial charge is 0.370 e. The maximum atomic E-state index is 11.8. The Labute approximate surface area is 114 Å². The van der Waals surface area contributed by atoms with Gasteiger partial charge in [0, 0.05) is 38.1 Å². The minimum Gasteiger partial charge on any atom is -0.370 e. The van der Waals surface area contributed by atoms with Crippen molar-refractivity contribution in [2.45, 2.75) is 25.8 Å². The van der Waals surface area contributed by atoms with Crippen molar-refractivity contribution in [1.29, 1.82) is 0 Å². The van der Waals surface area contributed by atoms with Gasteiger partial charge in [-0.25, -0.2) is 0 Å². The number of nitrogens with zero attached hydrogens (tertiary/aromatic N) is 2. The Bertz CT molecular complexity index is 429. The lowest BCUT2D eigenvalue weighted by molar-refractivity contribution is 0.0951. The highest BCUT2D eigenvalue weighted by atomic mass is 16.1. The van der Waals surface area contributed by atoms with Crippen LogP contribution in [0.4, 0.5) is 5.69 Å². The summed E-state index contributed by atoms with van der Waals surface area (Å²) in [5.74, 6) is -0.112. The maximum Gasteiger partial charge on any atom is 0.269 e. The first kappa shape index (κ1) is 13.8. The predicted octanol–water partition coefficient (Wildman–Crippen LogP) is 1.02. The highest BCUT2D eigenvalue weighted by molar-refractivity contribution is 5.93. The van der Waals surface area contributed by atoms with Gasteiger partial charge in [-0.05, 0) is 38.4 Å². The van der Waals surface area contributed by atoms with Crippen LogP contribution in [0.1, 0.15) is 30.3 Å². The summed E-state index contributed by atoms with van der Waals surface area (Å²) < 4.78 is 0. The molecule has 1 amide bonds. The molecule has 1 aromatic rings. The zero-order chi connectivity index (χ0) is 13.7. The molecule has 2 heterocycles. The molecule has 1 saturated heterocycles. The van der Waals surface area contributed by atoms with Gasteiger partial charge in [0.25, 0.3) is 5.91 Å². The van der Waals surface area contributed by atoms with Crippen molar-refractivity contribution in [3.8, 4) is 0 Å². The number of carbonyl (C=O) groups excluding carboxylic acids is 1. The van der Waals surface area contributed by atoms with E-state index in [2.05, 4.69) is 27.6 Å². The average Bonchev–Trinajstić information content (AvgIpc) is 2.48. The van der Waals surface area contributed by atoms with Gasteiger partial charge in [-0.2, -0.15) is 0 Å². The van der Waals surface area contributed by atoms with Crippen molar-refractivity contribution >= 4 is 11.6 Å². The number of amides is 1. The van der Waals surface area contributed by atoms with E-state index < -0.39 is 0 Å². The molecule has 0 aromatic carbocycles. The SMILES string of the molecule is CCNC(=O)c1cc(N(C)C2CCCNC2)ccn1. The number of piperidine rings is 1. The van der Waals surface area contributed by atoms with E-state index in [4.69, 9.17) is 0 Å². The lowest BCUT2D eigenvalue weighted by atomic mass is 10.1. The van der Waals surface area contributed by atoms with Gasteiger partial charge in [-0.15, -0.1) is 0 Å². The third kappa shape index (κ3) is 3.44. The molecule has 0 aliphatic carbocycles. The monoisotopic (exact) mass is 262 g/mol. The van der Waals surface area contributed by atoms with E-state index in [0.29, 0.717) is 18.3 Å². The predicted molar refractivity (Wildman–Crippen MR) is 76.5 cm³/mol. The Balaban J connectivity index is 2.10. The van der Waals surface area contributed by atoms with Crippen LogP contribution in [-0.2, 0) is 0 Å². The van der Waals surface area contributed by atoms with Gasteiger partial charge in [0.1, 0.15) is 5.69 Å². The van der Waals surface area contributed by atoms with Crippen LogP contribution >= 0.6 is 0 Å². The van der Waals surface area contributed by atoms with Crippen LogP contribution in [0.2, 0.25) is 0 Å². The van der Waals surface area contributed by atoms with Gasteiger partial charge in [-0.1, -0.05) is 0 Å². The summed E-state index contributed by atoms with van der Waals surface area (Å²) in [6, 6.07) is 4.30. The van der Waals surface area contributed by atoms with Gasteiger partial charge in [0.05, 0.1) is 0 Å². The Morgan fingerprint density at radius 2 is 2.47 bits per heavy atom. The molecule has 0 bridgehead atoms. The summed E-state index contributed by atoms with van der Waals surface area (Å²) in [7, 11) is 2.08. The molecule has 1 unspecified atom stereocenters. The van der Waals surface area contributed by atoms with E-state index in [1.807, 2.05) is 19.1 Å². The number of aromatic nitrogens is 1. The molecule has 0 radical (unpaired) electrons. The first-order chi connectivity index (χ1) is 9.22. The fourth-order valence-electron chi connectivity index (χ4n) is 2.39. The molecular formula is C14H22N4O. The number of carbonyl (C=O) groups is 1. The molecule has 1 fully saturated rings. The van der Waals surface area contributed by atoms with Gasteiger partial charge < -0.3 is 15.5 Å². The third-order valence-corrected chi connectivity index (χ3v) is 3.54. The van der Waals surface area contributed by atoms with Gasteiger partial charge in [0.2, 0.25) is 0 Å². The zero-order valence-corrected chi connectivity index (χ0v) is 11.6. The molecule has 0 saturated carbocycles. The Morgan fingerprint density at radius 3 is 3.16 bits per heavy atom. The van der Waals surface area contributed by atoms with Crippen LogP contribution in [0, 0.1) is 0 Å². The number of likely N-dealkylation sites (N-methyl/N-ethyl adjacent to an activating group) is 1. The quantitative estimate of drug-likeness (QED) is 0.850. The molecule has 1 aliphatic heterocycles. The van der Waals surface area contributed by atoms with Crippen molar-refractivity contribution in [3.63, 3.8) is 0 Å². The maximum absolute atomic E-state index is 11.8. The fourth-order valence-corrected chi connectivity index (χ4v) is 2.39. The van der Waals surface area contributed by atoms with Crippen LogP contribution < -0.4 is 15.5 Å². The summed E-state index contributed by atoms with van der Waals surface area (Å²) in [6.07, 6.45) is 4.08. The van der Waals surface area contributed by atoms with Gasteiger partial charge in [-0.3, -0.25) is 9.78 Å². The van der Waals surface area contributed by atoms with E-state index >= 15 is 0 Å². The molecule has 1 atom stereocenters. The van der Waals surface area contributed by atoms with E-state index in [0.717, 1.165) is 18.8 Å². The van der Waals surface area contributed by atoms with Gasteiger partial charge in [0.15, 0.2) is 0 Å². The number of hydrogen-bond donors (Lipinski definition) is 2. The van der Waals surface area contributed by atoms with E-state index in [-0.39, 0.29) is 5.91 Å². The highest BCUT2D eigenvalue weighted by Crippen LogP contribution is 2.19. The number of nitrogens with one attached hydrogen (secondary N) is 2. The first-order valence-electron chi connectivity index (χ1n) is 6.90. The topological polar surface area (TPSA) is 57.3 Å². The van der Waals surface area contributed by atoms with E-state index in [1.165, 1.54) is 12.8 Å². The lowest BCUT2D eigenvalue weighted by Crippen LogP contribution is -2.44. The summed E-state index contributed by atoms with van der Waals surface area (Å²) in [5, 5.41) is 6.18. The van der Waals surface area contributed by atoms with Crippen molar-refractivity contribution in [1.82, 2.24) is 15.6 Å². The fraction of sp³-hybridized carbons (Fsp3) is 0.571. The molecular weight excluding hydrogens is 240 g/mol. The van der Waals surface area contributed by atoms with Crippen LogP contribution in [-0.4, -0.2) is 43.6 Å². The average molecular weight is 262 g/mol. The summed E-state index contributed by atoms with van der Waals surface area (Å²) >= 11 is 0. The molecule has 5 heteroatoms. The summed E-state index contributed by atoms with van der Waals surface area (Å²) in [6.45, 7) is 4.62. The third-order valence-electron chi connectivity index (χ3n) is 3.54. The second-order valence-corrected chi connectivity index (χ2v) is 4.87. The molecule has 5 nitrogen and oxygen atoms in total. The van der Waals surface area contributed by atoms with E-state index in [1.54, 1.807) is 6.20 Å². The molecule has 2 rings (SSSR count). The van der Waals surface area contributed by atoms with Gasteiger partial charge >= 0.3 is 0 Å². The number of rotatable bonds is 4. The van der Waals surface area contributed by atoms with Crippen LogP contribution in [0.15, 0.2) is 18.3 Å². The van der Waals surface area contributed by atoms with Crippen LogP contribution in [0.3, 0.4) is 0 Å². The van der Waals surface area contributed by atoms with Crippen molar-refractivity contribution < 1.29 is 4.79 Å². The molecule has 2 N–H and O–H groups in total. The lowest BCUT2D eigenvalue weighted by Gasteiger charge is -2.33. The minimum absolute atomic E-state index is 0.112. The zero-order valence-electron chi connectivity index (χ0n) is 11.6. The standard InChI is InChI=1S/C14H22N4O/c1-3-16-14(19)13-9-11(6-8-17-13)18(2)12-5-4-7-15-10-12/h6,8-9,12,15H,3-5,7,10H2,1-2H3,(H,16,19). The van der Waals surface area contributed by atoms with Crippen molar-refractivity contribution in [2.75, 3.05) is 31.6 Å². The molecule has 19 heavy (non-hydrogen) atoms. The summed E-state index contributed by atoms with van der Waals surface area (Å²) in [4.78, 5) is 18.2. The Kier molecular flexibility index (Phi) is 4.74. The number of anilines is 1.